The molecule has 1 atom stereocenters. The van der Waals surface area contributed by atoms with Gasteiger partial charge in [-0.3, -0.25) is 9.59 Å². The van der Waals surface area contributed by atoms with Gasteiger partial charge in [0.1, 0.15) is 0 Å². The van der Waals surface area contributed by atoms with Gasteiger partial charge in [-0.15, -0.1) is 0 Å². The first-order valence-corrected chi connectivity index (χ1v) is 4.86. The lowest BCUT2D eigenvalue weighted by molar-refractivity contribution is -0.138. The summed E-state index contributed by atoms with van der Waals surface area (Å²) in [6, 6.07) is 0. The molecular weight excluding hydrogens is 190 g/mol. The summed E-state index contributed by atoms with van der Waals surface area (Å²) in [7, 11) is 0. The molecule has 1 N–H and O–H groups in total. The first kappa shape index (κ1) is 10.5. The van der Waals surface area contributed by atoms with E-state index in [0.717, 1.165) is 11.9 Å². The van der Waals surface area contributed by atoms with Gasteiger partial charge in [0.15, 0.2) is 11.0 Å². The second kappa shape index (κ2) is 3.31. The molecule has 13 heavy (non-hydrogen) atoms. The average molecular weight is 203 g/mol. The van der Waals surface area contributed by atoms with Crippen molar-refractivity contribution in [1.82, 2.24) is 4.31 Å². The number of Topliss-reactive ketones (excluding diaryl/α,β-unsaturated/α-hetero) is 1. The van der Waals surface area contributed by atoms with E-state index in [4.69, 9.17) is 5.11 Å². The maximum absolute atomic E-state index is 11.2. The number of carboxylic acids is 1. The van der Waals surface area contributed by atoms with E-state index >= 15 is 0 Å². The van der Waals surface area contributed by atoms with E-state index in [1.165, 1.54) is 0 Å². The van der Waals surface area contributed by atoms with E-state index in [9.17, 15) is 9.59 Å². The van der Waals surface area contributed by atoms with Crippen LogP contribution in [0.15, 0.2) is 0 Å². The summed E-state index contributed by atoms with van der Waals surface area (Å²) in [5.41, 5.74) is -0.162. The van der Waals surface area contributed by atoms with Crippen molar-refractivity contribution >= 4 is 23.7 Å². The zero-order valence-electron chi connectivity index (χ0n) is 7.90. The van der Waals surface area contributed by atoms with Crippen LogP contribution >= 0.6 is 11.9 Å². The highest BCUT2D eigenvalue weighted by molar-refractivity contribution is 7.99. The summed E-state index contributed by atoms with van der Waals surface area (Å²) < 4.78 is 1.81. The Kier molecular flexibility index (Phi) is 2.68. The van der Waals surface area contributed by atoms with Crippen molar-refractivity contribution in [3.8, 4) is 0 Å². The molecule has 0 bridgehead atoms. The van der Waals surface area contributed by atoms with E-state index in [2.05, 4.69) is 0 Å². The molecule has 1 heterocycles. The number of hydrogen-bond acceptors (Lipinski definition) is 4. The average Bonchev–Trinajstić information content (AvgIpc) is 2.29. The topological polar surface area (TPSA) is 57.6 Å². The molecule has 0 aromatic rings. The van der Waals surface area contributed by atoms with Crippen LogP contribution in [-0.2, 0) is 9.59 Å². The molecule has 0 aromatic heterocycles. The van der Waals surface area contributed by atoms with E-state index in [0.29, 0.717) is 0 Å². The van der Waals surface area contributed by atoms with Crippen LogP contribution < -0.4 is 0 Å². The molecule has 0 spiro atoms. The molecule has 5 heteroatoms. The van der Waals surface area contributed by atoms with Crippen LogP contribution in [0.5, 0.6) is 0 Å². The van der Waals surface area contributed by atoms with Gasteiger partial charge in [0.25, 0.3) is 0 Å². The number of nitrogens with zero attached hydrogens (tertiary/aromatic N) is 1. The predicted octanol–water partition coefficient (Wildman–Crippen LogP) is 0.771. The Bertz CT molecular complexity index is 246. The number of ketones is 1. The fourth-order valence-corrected chi connectivity index (χ4v) is 2.08. The van der Waals surface area contributed by atoms with E-state index < -0.39 is 11.2 Å². The van der Waals surface area contributed by atoms with Gasteiger partial charge in [-0.2, -0.15) is 0 Å². The standard InChI is InChI=1S/C8H13NO3S/c1-8(2,3)9-4-5(10)6(13-9)7(11)12/h6H,4H2,1-3H3,(H,11,12). The minimum Gasteiger partial charge on any atom is -0.480 e. The lowest BCUT2D eigenvalue weighted by Crippen LogP contribution is -2.34. The first-order chi connectivity index (χ1) is 5.82. The lowest BCUT2D eigenvalue weighted by Gasteiger charge is -2.29. The normalized spacial score (nSPS) is 25.2. The van der Waals surface area contributed by atoms with Gasteiger partial charge in [0.2, 0.25) is 0 Å². The molecule has 0 amide bonds. The lowest BCUT2D eigenvalue weighted by atomic mass is 10.1. The molecule has 4 nitrogen and oxygen atoms in total. The van der Waals surface area contributed by atoms with Crippen LogP contribution in [0, 0.1) is 0 Å². The molecule has 0 radical (unpaired) electrons. The summed E-state index contributed by atoms with van der Waals surface area (Å²) in [6.45, 7) is 6.09. The largest absolute Gasteiger partial charge is 0.480 e. The molecule has 1 rings (SSSR count). The number of carbonyl (C=O) groups excluding carboxylic acids is 1. The van der Waals surface area contributed by atoms with Crippen LogP contribution in [0.1, 0.15) is 20.8 Å². The van der Waals surface area contributed by atoms with Crippen LogP contribution in [-0.4, -0.2) is 38.5 Å². The minimum atomic E-state index is -1.04. The van der Waals surface area contributed by atoms with E-state index in [1.54, 1.807) is 0 Å². The molecule has 1 saturated heterocycles. The van der Waals surface area contributed by atoms with Crippen LogP contribution in [0.4, 0.5) is 0 Å². The van der Waals surface area contributed by atoms with Gasteiger partial charge >= 0.3 is 5.97 Å². The Hall–Kier alpha value is -0.550. The summed E-state index contributed by atoms with van der Waals surface area (Å²) in [4.78, 5) is 21.8. The van der Waals surface area contributed by atoms with Crippen molar-refractivity contribution < 1.29 is 14.7 Å². The minimum absolute atomic E-state index is 0.162. The monoisotopic (exact) mass is 203 g/mol. The summed E-state index contributed by atoms with van der Waals surface area (Å²) in [5.74, 6) is -1.26. The van der Waals surface area contributed by atoms with E-state index in [-0.39, 0.29) is 17.9 Å². The van der Waals surface area contributed by atoms with Gasteiger partial charge in [-0.1, -0.05) is 11.9 Å². The SMILES string of the molecule is CC(C)(C)N1CC(=O)C(C(=O)O)S1. The molecule has 0 saturated carbocycles. The Morgan fingerprint density at radius 3 is 2.38 bits per heavy atom. The Morgan fingerprint density at radius 2 is 2.15 bits per heavy atom. The van der Waals surface area contributed by atoms with Crippen molar-refractivity contribution in [2.24, 2.45) is 0 Å². The van der Waals surface area contributed by atoms with E-state index in [1.807, 2.05) is 25.1 Å². The summed E-state index contributed by atoms with van der Waals surface area (Å²) >= 11 is 1.12. The Labute approximate surface area is 81.4 Å². The third-order valence-electron chi connectivity index (χ3n) is 1.80. The molecular formula is C8H13NO3S. The second-order valence-electron chi connectivity index (χ2n) is 4.00. The smallest absolute Gasteiger partial charge is 0.325 e. The fourth-order valence-electron chi connectivity index (χ4n) is 1.03. The highest BCUT2D eigenvalue weighted by Crippen LogP contribution is 2.32. The number of rotatable bonds is 1. The number of hydrogen-bond donors (Lipinski definition) is 1. The van der Waals surface area contributed by atoms with Crippen molar-refractivity contribution in [3.63, 3.8) is 0 Å². The van der Waals surface area contributed by atoms with Gasteiger partial charge in [-0.05, 0) is 20.8 Å². The highest BCUT2D eigenvalue weighted by Gasteiger charge is 2.41. The van der Waals surface area contributed by atoms with Crippen molar-refractivity contribution in [2.75, 3.05) is 6.54 Å². The third-order valence-corrected chi connectivity index (χ3v) is 3.40. The van der Waals surface area contributed by atoms with Gasteiger partial charge < -0.3 is 5.11 Å². The Morgan fingerprint density at radius 1 is 1.62 bits per heavy atom. The van der Waals surface area contributed by atoms with Crippen molar-refractivity contribution in [3.05, 3.63) is 0 Å². The third kappa shape index (κ3) is 2.22. The highest BCUT2D eigenvalue weighted by atomic mass is 32.2. The summed E-state index contributed by atoms with van der Waals surface area (Å²) in [5, 5.41) is 7.80. The van der Waals surface area contributed by atoms with Crippen LogP contribution in [0.2, 0.25) is 0 Å². The molecule has 1 unspecified atom stereocenters. The van der Waals surface area contributed by atoms with Crippen molar-refractivity contribution in [2.45, 2.75) is 31.6 Å². The quantitative estimate of drug-likeness (QED) is 0.504. The maximum atomic E-state index is 11.2. The zero-order chi connectivity index (χ0) is 10.2. The number of aliphatic carboxylic acids is 1. The predicted molar refractivity (Wildman–Crippen MR) is 50.5 cm³/mol. The van der Waals surface area contributed by atoms with Gasteiger partial charge in [0.05, 0.1) is 6.54 Å². The molecule has 74 valence electrons. The molecule has 0 aliphatic carbocycles. The van der Waals surface area contributed by atoms with Gasteiger partial charge in [0, 0.05) is 5.54 Å². The first-order valence-electron chi connectivity index (χ1n) is 4.02. The fraction of sp³-hybridized carbons (Fsp3) is 0.750. The number of carbonyl (C=O) groups is 2. The molecule has 1 aliphatic heterocycles. The molecule has 1 aliphatic rings. The Balaban J connectivity index is 2.71. The summed E-state index contributed by atoms with van der Waals surface area (Å²) in [6.07, 6.45) is 0. The molecule has 1 fully saturated rings. The van der Waals surface area contributed by atoms with Crippen LogP contribution in [0.3, 0.4) is 0 Å². The van der Waals surface area contributed by atoms with Gasteiger partial charge in [-0.25, -0.2) is 4.31 Å². The zero-order valence-corrected chi connectivity index (χ0v) is 8.72. The van der Waals surface area contributed by atoms with Crippen molar-refractivity contribution in [1.29, 1.82) is 0 Å². The maximum Gasteiger partial charge on any atom is 0.325 e. The van der Waals surface area contributed by atoms with Crippen LogP contribution in [0.25, 0.3) is 0 Å². The molecule has 0 aromatic carbocycles. The number of carboxylic acid groups (broad SMARTS) is 1. The second-order valence-corrected chi connectivity index (χ2v) is 5.12.